The van der Waals surface area contributed by atoms with Crippen LogP contribution in [0.25, 0.3) is 0 Å². The Balaban J connectivity index is 1.60. The van der Waals surface area contributed by atoms with E-state index in [-0.39, 0.29) is 16.0 Å². The van der Waals surface area contributed by atoms with Crippen LogP contribution >= 0.6 is 23.2 Å². The van der Waals surface area contributed by atoms with Gasteiger partial charge in [-0.1, -0.05) is 59.6 Å². The number of halogens is 2. The summed E-state index contributed by atoms with van der Waals surface area (Å²) in [6.45, 7) is 1.61. The summed E-state index contributed by atoms with van der Waals surface area (Å²) in [6.07, 6.45) is 4.77. The number of aryl methyl sites for hydroxylation is 4. The lowest BCUT2D eigenvalue weighted by Crippen LogP contribution is -2.33. The molecule has 5 nitrogen and oxygen atoms in total. The Labute approximate surface area is 184 Å². The van der Waals surface area contributed by atoms with Crippen molar-refractivity contribution in [3.05, 3.63) is 91.3 Å². The molecule has 0 saturated carbocycles. The fraction of sp³-hybridized carbons (Fsp3) is 0.261. The van der Waals surface area contributed by atoms with Gasteiger partial charge in [-0.05, 0) is 60.9 Å². The average Bonchev–Trinajstić information content (AvgIpc) is 2.74. The second-order valence-corrected chi connectivity index (χ2v) is 8.31. The number of nitrogens with one attached hydrogen (secondary N) is 1. The van der Waals surface area contributed by atoms with E-state index >= 15 is 0 Å². The number of anilines is 1. The zero-order valence-corrected chi connectivity index (χ0v) is 18.0. The van der Waals surface area contributed by atoms with Gasteiger partial charge in [0.05, 0.1) is 11.2 Å². The van der Waals surface area contributed by atoms with Crippen molar-refractivity contribution < 1.29 is 4.79 Å². The Hall–Kier alpha value is -2.63. The van der Waals surface area contributed by atoms with Crippen molar-refractivity contribution in [2.24, 2.45) is 0 Å². The molecular formula is C23H21Cl2N3O2. The quantitative estimate of drug-likeness (QED) is 0.643. The van der Waals surface area contributed by atoms with Gasteiger partial charge in [-0.2, -0.15) is 5.10 Å². The summed E-state index contributed by atoms with van der Waals surface area (Å²) in [5, 5.41) is 6.88. The predicted octanol–water partition coefficient (Wildman–Crippen LogP) is 4.63. The first-order valence-corrected chi connectivity index (χ1v) is 10.6. The molecule has 0 fully saturated rings. The Kier molecular flexibility index (Phi) is 5.93. The zero-order chi connectivity index (χ0) is 21.3. The van der Waals surface area contributed by atoms with Crippen LogP contribution in [-0.2, 0) is 30.5 Å². The number of benzene rings is 2. The molecule has 1 unspecified atom stereocenters. The Bertz CT molecular complexity index is 1160. The molecule has 3 aromatic rings. The molecule has 4 aliphatic rings. The van der Waals surface area contributed by atoms with E-state index in [1.54, 1.807) is 6.92 Å². The van der Waals surface area contributed by atoms with Crippen LogP contribution in [0.15, 0.2) is 53.5 Å². The minimum atomic E-state index is -0.838. The summed E-state index contributed by atoms with van der Waals surface area (Å²) in [4.78, 5) is 25.3. The highest BCUT2D eigenvalue weighted by molar-refractivity contribution is 6.41. The highest BCUT2D eigenvalue weighted by atomic mass is 35.5. The van der Waals surface area contributed by atoms with Gasteiger partial charge in [0.15, 0.2) is 0 Å². The Morgan fingerprint density at radius 2 is 1.60 bits per heavy atom. The van der Waals surface area contributed by atoms with Crippen molar-refractivity contribution in [1.82, 2.24) is 9.78 Å². The second-order valence-electron chi connectivity index (χ2n) is 7.53. The molecule has 0 spiro atoms. The molecule has 1 aromatic heterocycles. The van der Waals surface area contributed by atoms with Crippen LogP contribution in [0.5, 0.6) is 0 Å². The largest absolute Gasteiger partial charge is 0.324 e. The maximum atomic E-state index is 12.9. The molecule has 0 aliphatic heterocycles. The van der Waals surface area contributed by atoms with E-state index in [1.165, 1.54) is 17.3 Å². The highest BCUT2D eigenvalue weighted by Crippen LogP contribution is 2.24. The van der Waals surface area contributed by atoms with Crippen LogP contribution in [0.1, 0.15) is 35.2 Å². The van der Waals surface area contributed by atoms with E-state index < -0.39 is 11.6 Å². The molecule has 1 N–H and O–H groups in total. The number of carbonyl (C=O) groups excluding carboxylic acids is 1. The van der Waals surface area contributed by atoms with E-state index in [9.17, 15) is 9.59 Å². The van der Waals surface area contributed by atoms with Gasteiger partial charge in [0.25, 0.3) is 5.56 Å². The number of nitrogens with zero attached hydrogens (tertiary/aromatic N) is 2. The van der Waals surface area contributed by atoms with Crippen molar-refractivity contribution in [2.75, 3.05) is 5.32 Å². The fourth-order valence-electron chi connectivity index (χ4n) is 3.60. The summed E-state index contributed by atoms with van der Waals surface area (Å²) in [7, 11) is 0. The van der Waals surface area contributed by atoms with Crippen LogP contribution in [0.2, 0.25) is 10.0 Å². The summed E-state index contributed by atoms with van der Waals surface area (Å²) in [6, 6.07) is 14.1. The minimum Gasteiger partial charge on any atom is -0.324 e. The minimum absolute atomic E-state index is 0.0646. The summed E-state index contributed by atoms with van der Waals surface area (Å²) in [5.41, 5.74) is 4.95. The van der Waals surface area contributed by atoms with E-state index in [4.69, 9.17) is 23.2 Å². The lowest BCUT2D eigenvalue weighted by molar-refractivity contribution is -0.119. The first kappa shape index (κ1) is 20.6. The first-order chi connectivity index (χ1) is 14.4. The van der Waals surface area contributed by atoms with E-state index in [0.717, 1.165) is 47.2 Å². The monoisotopic (exact) mass is 441 g/mol. The standard InChI is InChI=1S/C23H21Cl2N3O2/c1-14(28-23(30)21(25)19(24)13-26-28)22(29)27-20-12-17-7-6-15-2-4-16(5-3-15)8-10-18(20)11-9-17/h2-5,9,11-14H,6-8,10H2,1H3,(H,27,29). The van der Waals surface area contributed by atoms with Gasteiger partial charge in [-0.15, -0.1) is 0 Å². The molecule has 30 heavy (non-hydrogen) atoms. The van der Waals surface area contributed by atoms with Gasteiger partial charge in [0.1, 0.15) is 11.1 Å². The van der Waals surface area contributed by atoms with E-state index in [2.05, 4.69) is 46.8 Å². The van der Waals surface area contributed by atoms with Gasteiger partial charge in [0, 0.05) is 5.69 Å². The van der Waals surface area contributed by atoms with Crippen molar-refractivity contribution in [3.8, 4) is 0 Å². The molecule has 4 aliphatic carbocycles. The normalized spacial score (nSPS) is 14.1. The Morgan fingerprint density at radius 3 is 2.30 bits per heavy atom. The topological polar surface area (TPSA) is 64.0 Å². The van der Waals surface area contributed by atoms with Gasteiger partial charge in [-0.25, -0.2) is 4.68 Å². The SMILES string of the molecule is CC(C(=O)Nc1cc2ccc1CCc1ccc(cc1)CC2)n1ncc(Cl)c(Cl)c1=O. The summed E-state index contributed by atoms with van der Waals surface area (Å²) < 4.78 is 1.05. The number of amides is 1. The molecule has 154 valence electrons. The third-order valence-electron chi connectivity index (χ3n) is 5.49. The highest BCUT2D eigenvalue weighted by Gasteiger charge is 2.21. The number of carbonyl (C=O) groups is 1. The number of aromatic nitrogens is 2. The average molecular weight is 442 g/mol. The predicted molar refractivity (Wildman–Crippen MR) is 120 cm³/mol. The molecule has 1 heterocycles. The van der Waals surface area contributed by atoms with Gasteiger partial charge in [0.2, 0.25) is 5.91 Å². The molecule has 7 rings (SSSR count). The lowest BCUT2D eigenvalue weighted by Gasteiger charge is -2.18. The van der Waals surface area contributed by atoms with Crippen LogP contribution in [0, 0.1) is 0 Å². The van der Waals surface area contributed by atoms with E-state index in [1.807, 2.05) is 6.07 Å². The van der Waals surface area contributed by atoms with E-state index in [0.29, 0.717) is 0 Å². The Morgan fingerprint density at radius 1 is 1.00 bits per heavy atom. The number of hydrogen-bond donors (Lipinski definition) is 1. The zero-order valence-electron chi connectivity index (χ0n) is 16.5. The van der Waals surface area contributed by atoms with Crippen molar-refractivity contribution in [3.63, 3.8) is 0 Å². The molecule has 7 heteroatoms. The van der Waals surface area contributed by atoms with Gasteiger partial charge in [-0.3, -0.25) is 9.59 Å². The number of rotatable bonds is 3. The molecule has 4 bridgehead atoms. The van der Waals surface area contributed by atoms with Gasteiger partial charge < -0.3 is 5.32 Å². The third-order valence-corrected chi connectivity index (χ3v) is 6.24. The maximum absolute atomic E-state index is 12.9. The third kappa shape index (κ3) is 4.27. The van der Waals surface area contributed by atoms with Crippen molar-refractivity contribution in [2.45, 2.75) is 38.6 Å². The maximum Gasteiger partial charge on any atom is 0.287 e. The lowest BCUT2D eigenvalue weighted by atomic mass is 9.95. The summed E-state index contributed by atoms with van der Waals surface area (Å²) >= 11 is 11.8. The fourth-order valence-corrected chi connectivity index (χ4v) is 3.86. The smallest absolute Gasteiger partial charge is 0.287 e. The first-order valence-electron chi connectivity index (χ1n) is 9.85. The molecule has 1 atom stereocenters. The van der Waals surface area contributed by atoms with Crippen LogP contribution in [0.3, 0.4) is 0 Å². The molecule has 0 radical (unpaired) electrons. The van der Waals surface area contributed by atoms with Crippen LogP contribution < -0.4 is 10.9 Å². The van der Waals surface area contributed by atoms with Crippen molar-refractivity contribution >= 4 is 34.8 Å². The van der Waals surface area contributed by atoms with Crippen molar-refractivity contribution in [1.29, 1.82) is 0 Å². The summed E-state index contributed by atoms with van der Waals surface area (Å²) in [5.74, 6) is -0.336. The van der Waals surface area contributed by atoms with Crippen LogP contribution in [0.4, 0.5) is 5.69 Å². The number of hydrogen-bond acceptors (Lipinski definition) is 3. The molecule has 0 saturated heterocycles. The molecular weight excluding hydrogens is 421 g/mol. The van der Waals surface area contributed by atoms with Gasteiger partial charge >= 0.3 is 0 Å². The van der Waals surface area contributed by atoms with Crippen LogP contribution in [-0.4, -0.2) is 15.7 Å². The molecule has 1 amide bonds. The molecule has 2 aromatic carbocycles. The second kappa shape index (κ2) is 8.62.